The molecule has 3 aromatic rings. The largest absolute Gasteiger partial charge is 0.362 e. The number of benzene rings is 2. The number of amides is 1. The molecule has 1 fully saturated rings. The van der Waals surface area contributed by atoms with Crippen molar-refractivity contribution in [3.63, 3.8) is 0 Å². The third kappa shape index (κ3) is 4.57. The summed E-state index contributed by atoms with van der Waals surface area (Å²) in [6, 6.07) is 11.3. The van der Waals surface area contributed by atoms with E-state index in [9.17, 15) is 13.6 Å². The predicted molar refractivity (Wildman–Crippen MR) is 117 cm³/mol. The van der Waals surface area contributed by atoms with E-state index in [1.54, 1.807) is 0 Å². The summed E-state index contributed by atoms with van der Waals surface area (Å²) in [6.45, 7) is 0. The standard InChI is InChI=1S/C23H25F2N5O/c1-30(2)21-16-6-3-4-9-19(16)28-23(29-21)27-15-12-10-14(11-13-15)26-22(31)20-17(24)7-5-8-18(20)25/h3-9,14-15H,10-13H2,1-2H3,(H,26,31)(H,27,28,29)/t14-,15+. The van der Waals surface area contributed by atoms with E-state index < -0.39 is 23.1 Å². The predicted octanol–water partition coefficient (Wildman–Crippen LogP) is 4.13. The number of hydrogen-bond donors (Lipinski definition) is 2. The molecule has 0 unspecified atom stereocenters. The average molecular weight is 425 g/mol. The van der Waals surface area contributed by atoms with Crippen molar-refractivity contribution in [2.75, 3.05) is 24.3 Å². The van der Waals surface area contributed by atoms with Crippen LogP contribution in [0, 0.1) is 11.6 Å². The molecule has 4 rings (SSSR count). The molecule has 6 nitrogen and oxygen atoms in total. The highest BCUT2D eigenvalue weighted by Crippen LogP contribution is 2.26. The van der Waals surface area contributed by atoms with Gasteiger partial charge in [-0.05, 0) is 49.9 Å². The van der Waals surface area contributed by atoms with Crippen LogP contribution in [0.25, 0.3) is 10.9 Å². The minimum Gasteiger partial charge on any atom is -0.362 e. The van der Waals surface area contributed by atoms with E-state index >= 15 is 0 Å². The molecule has 0 spiro atoms. The number of carbonyl (C=O) groups is 1. The van der Waals surface area contributed by atoms with Gasteiger partial charge in [-0.3, -0.25) is 4.79 Å². The van der Waals surface area contributed by atoms with Crippen LogP contribution in [0.3, 0.4) is 0 Å². The number of rotatable bonds is 5. The number of para-hydroxylation sites is 1. The van der Waals surface area contributed by atoms with E-state index in [1.807, 2.05) is 43.3 Å². The Hall–Kier alpha value is -3.29. The molecule has 0 aliphatic heterocycles. The van der Waals surface area contributed by atoms with Crippen molar-refractivity contribution in [2.24, 2.45) is 0 Å². The van der Waals surface area contributed by atoms with Crippen LogP contribution in [-0.2, 0) is 0 Å². The number of aromatic nitrogens is 2. The Balaban J connectivity index is 1.39. The third-order valence-corrected chi connectivity index (χ3v) is 5.59. The Morgan fingerprint density at radius 1 is 0.935 bits per heavy atom. The molecule has 1 aromatic heterocycles. The monoisotopic (exact) mass is 425 g/mol. The van der Waals surface area contributed by atoms with Gasteiger partial charge in [-0.15, -0.1) is 0 Å². The van der Waals surface area contributed by atoms with E-state index in [4.69, 9.17) is 0 Å². The molecule has 0 radical (unpaired) electrons. The summed E-state index contributed by atoms with van der Waals surface area (Å²) in [5.41, 5.74) is 0.347. The van der Waals surface area contributed by atoms with Gasteiger partial charge in [0.2, 0.25) is 5.95 Å². The van der Waals surface area contributed by atoms with Crippen molar-refractivity contribution in [1.29, 1.82) is 0 Å². The molecule has 2 aromatic carbocycles. The van der Waals surface area contributed by atoms with Gasteiger partial charge in [0.1, 0.15) is 23.0 Å². The second kappa shape index (κ2) is 8.83. The molecule has 1 aliphatic rings. The normalized spacial score (nSPS) is 18.6. The van der Waals surface area contributed by atoms with Crippen molar-refractivity contribution in [3.8, 4) is 0 Å². The molecule has 1 aliphatic carbocycles. The first-order valence-electron chi connectivity index (χ1n) is 10.4. The molecule has 162 valence electrons. The zero-order valence-electron chi connectivity index (χ0n) is 17.5. The minimum absolute atomic E-state index is 0.126. The van der Waals surface area contributed by atoms with E-state index in [0.29, 0.717) is 18.8 Å². The van der Waals surface area contributed by atoms with Gasteiger partial charge in [-0.1, -0.05) is 18.2 Å². The van der Waals surface area contributed by atoms with E-state index in [1.165, 1.54) is 6.07 Å². The fourth-order valence-corrected chi connectivity index (χ4v) is 4.00. The van der Waals surface area contributed by atoms with Gasteiger partial charge in [0, 0.05) is 31.6 Å². The van der Waals surface area contributed by atoms with Gasteiger partial charge in [-0.2, -0.15) is 4.98 Å². The summed E-state index contributed by atoms with van der Waals surface area (Å²) in [5.74, 6) is -0.985. The van der Waals surface area contributed by atoms with Gasteiger partial charge >= 0.3 is 0 Å². The second-order valence-electron chi connectivity index (χ2n) is 8.05. The molecule has 8 heteroatoms. The molecule has 0 bridgehead atoms. The van der Waals surface area contributed by atoms with Gasteiger partial charge in [0.05, 0.1) is 5.52 Å². The van der Waals surface area contributed by atoms with Gasteiger partial charge in [0.25, 0.3) is 5.91 Å². The number of carbonyl (C=O) groups excluding carboxylic acids is 1. The summed E-state index contributed by atoms with van der Waals surface area (Å²) in [6.07, 6.45) is 2.98. The maximum Gasteiger partial charge on any atom is 0.257 e. The van der Waals surface area contributed by atoms with Crippen LogP contribution in [0.15, 0.2) is 42.5 Å². The zero-order chi connectivity index (χ0) is 22.0. The molecule has 1 saturated carbocycles. The first-order chi connectivity index (χ1) is 14.9. The van der Waals surface area contributed by atoms with Gasteiger partial charge in [-0.25, -0.2) is 13.8 Å². The van der Waals surface area contributed by atoms with Crippen molar-refractivity contribution in [2.45, 2.75) is 37.8 Å². The van der Waals surface area contributed by atoms with E-state index in [2.05, 4.69) is 20.6 Å². The Kier molecular flexibility index (Phi) is 5.97. The lowest BCUT2D eigenvalue weighted by molar-refractivity contribution is 0.0918. The summed E-state index contributed by atoms with van der Waals surface area (Å²) >= 11 is 0. The van der Waals surface area contributed by atoms with E-state index in [0.717, 1.165) is 41.7 Å². The van der Waals surface area contributed by atoms with Crippen molar-refractivity contribution < 1.29 is 13.6 Å². The summed E-state index contributed by atoms with van der Waals surface area (Å²) < 4.78 is 27.7. The van der Waals surface area contributed by atoms with Crippen molar-refractivity contribution >= 4 is 28.6 Å². The fraction of sp³-hybridized carbons (Fsp3) is 0.348. The highest BCUT2D eigenvalue weighted by Gasteiger charge is 2.25. The van der Waals surface area contributed by atoms with E-state index in [-0.39, 0.29) is 12.1 Å². The number of anilines is 2. The van der Waals surface area contributed by atoms with Gasteiger partial charge < -0.3 is 15.5 Å². The van der Waals surface area contributed by atoms with Crippen molar-refractivity contribution in [1.82, 2.24) is 15.3 Å². The number of nitrogens with one attached hydrogen (secondary N) is 2. The molecule has 2 N–H and O–H groups in total. The quantitative estimate of drug-likeness (QED) is 0.643. The van der Waals surface area contributed by atoms with Crippen LogP contribution in [0.2, 0.25) is 0 Å². The van der Waals surface area contributed by atoms with Crippen LogP contribution >= 0.6 is 0 Å². The molecule has 0 saturated heterocycles. The molecule has 1 heterocycles. The lowest BCUT2D eigenvalue weighted by atomic mass is 9.91. The van der Waals surface area contributed by atoms with Gasteiger partial charge in [0.15, 0.2) is 0 Å². The van der Waals surface area contributed by atoms with Crippen molar-refractivity contribution in [3.05, 3.63) is 59.7 Å². The summed E-state index contributed by atoms with van der Waals surface area (Å²) in [4.78, 5) is 23.6. The lowest BCUT2D eigenvalue weighted by Crippen LogP contribution is -2.40. The number of nitrogens with zero attached hydrogens (tertiary/aromatic N) is 3. The highest BCUT2D eigenvalue weighted by molar-refractivity contribution is 5.95. The smallest absolute Gasteiger partial charge is 0.257 e. The number of halogens is 2. The third-order valence-electron chi connectivity index (χ3n) is 5.59. The second-order valence-corrected chi connectivity index (χ2v) is 8.05. The highest BCUT2D eigenvalue weighted by atomic mass is 19.1. The molecule has 31 heavy (non-hydrogen) atoms. The van der Waals surface area contributed by atoms with Crippen LogP contribution in [0.1, 0.15) is 36.0 Å². The first kappa shape index (κ1) is 21.0. The number of hydrogen-bond acceptors (Lipinski definition) is 5. The first-order valence-corrected chi connectivity index (χ1v) is 10.4. The minimum atomic E-state index is -0.849. The summed E-state index contributed by atoms with van der Waals surface area (Å²) in [7, 11) is 3.90. The summed E-state index contributed by atoms with van der Waals surface area (Å²) in [5, 5.41) is 7.17. The number of fused-ring (bicyclic) bond motifs is 1. The Labute approximate surface area is 179 Å². The fourth-order valence-electron chi connectivity index (χ4n) is 4.00. The lowest BCUT2D eigenvalue weighted by Gasteiger charge is -2.30. The molecular weight excluding hydrogens is 400 g/mol. The maximum absolute atomic E-state index is 13.8. The maximum atomic E-state index is 13.8. The molecular formula is C23H25F2N5O. The van der Waals surface area contributed by atoms with Crippen LogP contribution in [0.4, 0.5) is 20.5 Å². The zero-order valence-corrected chi connectivity index (χ0v) is 17.5. The Bertz CT molecular complexity index is 1080. The topological polar surface area (TPSA) is 70.2 Å². The van der Waals surface area contributed by atoms with Crippen LogP contribution in [0.5, 0.6) is 0 Å². The molecule has 1 amide bonds. The SMILES string of the molecule is CN(C)c1nc(N[C@H]2CC[C@@H](NC(=O)c3c(F)cccc3F)CC2)nc2ccccc12. The molecule has 0 atom stereocenters. The van der Waals surface area contributed by atoms with Crippen LogP contribution < -0.4 is 15.5 Å². The Morgan fingerprint density at radius 3 is 2.26 bits per heavy atom. The Morgan fingerprint density at radius 2 is 1.58 bits per heavy atom. The average Bonchev–Trinajstić information content (AvgIpc) is 2.74. The van der Waals surface area contributed by atoms with Crippen LogP contribution in [-0.4, -0.2) is 42.1 Å².